The Morgan fingerprint density at radius 2 is 1.76 bits per heavy atom. The molecule has 0 bridgehead atoms. The number of piperidine rings is 3. The van der Waals surface area contributed by atoms with Crippen molar-refractivity contribution in [2.24, 2.45) is 5.92 Å². The van der Waals surface area contributed by atoms with Crippen molar-refractivity contribution in [1.82, 2.24) is 20.4 Å². The van der Waals surface area contributed by atoms with Crippen molar-refractivity contribution < 1.29 is 4.79 Å². The summed E-state index contributed by atoms with van der Waals surface area (Å²) in [5.41, 5.74) is 1.44. The smallest absolute Gasteiger partial charge is 0.224 e. The zero-order valence-corrected chi connectivity index (χ0v) is 17.8. The maximum Gasteiger partial charge on any atom is 0.224 e. The highest BCUT2D eigenvalue weighted by Crippen LogP contribution is 2.24. The molecule has 1 amide bonds. The van der Waals surface area contributed by atoms with Crippen LogP contribution in [-0.2, 0) is 11.2 Å². The van der Waals surface area contributed by atoms with Gasteiger partial charge in [-0.05, 0) is 83.2 Å². The van der Waals surface area contributed by atoms with Crippen LogP contribution in [0.25, 0.3) is 0 Å². The first-order chi connectivity index (χ1) is 14.3. The molecule has 1 atom stereocenters. The van der Waals surface area contributed by atoms with Crippen LogP contribution in [0.1, 0.15) is 44.1 Å². The minimum absolute atomic E-state index is 0.190. The lowest BCUT2D eigenvalue weighted by Crippen LogP contribution is -2.52. The quantitative estimate of drug-likeness (QED) is 0.772. The van der Waals surface area contributed by atoms with Crippen LogP contribution in [0.4, 0.5) is 0 Å². The molecule has 2 N–H and O–H groups in total. The summed E-state index contributed by atoms with van der Waals surface area (Å²) in [4.78, 5) is 18.0. The van der Waals surface area contributed by atoms with Crippen molar-refractivity contribution in [2.75, 3.05) is 45.8 Å². The molecule has 3 heterocycles. The highest BCUT2D eigenvalue weighted by molar-refractivity contribution is 5.79. The number of amides is 1. The molecular formula is C24H38N4O. The van der Waals surface area contributed by atoms with Crippen LogP contribution in [0.5, 0.6) is 0 Å². The standard InChI is InChI=1S/C24H38N4O/c29-24(26-22-8-13-25-14-9-22)21-7-4-15-28(19-21)23-11-17-27(18-12-23)16-10-20-5-2-1-3-6-20/h1-3,5-6,21-23,25H,4,7-19H2,(H,26,29)/t21-/m0/s1. The summed E-state index contributed by atoms with van der Waals surface area (Å²) < 4.78 is 0. The molecule has 0 aliphatic carbocycles. The third-order valence-electron chi connectivity index (χ3n) is 7.14. The van der Waals surface area contributed by atoms with Crippen molar-refractivity contribution >= 4 is 5.91 Å². The molecule has 3 aliphatic heterocycles. The summed E-state index contributed by atoms with van der Waals surface area (Å²) in [6.45, 7) is 7.75. The summed E-state index contributed by atoms with van der Waals surface area (Å²) in [6.07, 6.45) is 8.01. The van der Waals surface area contributed by atoms with Crippen LogP contribution in [0.15, 0.2) is 30.3 Å². The Morgan fingerprint density at radius 3 is 2.52 bits per heavy atom. The van der Waals surface area contributed by atoms with Gasteiger partial charge in [0.2, 0.25) is 5.91 Å². The van der Waals surface area contributed by atoms with Gasteiger partial charge in [-0.25, -0.2) is 0 Å². The van der Waals surface area contributed by atoms with E-state index >= 15 is 0 Å². The highest BCUT2D eigenvalue weighted by Gasteiger charge is 2.32. The fourth-order valence-corrected chi connectivity index (χ4v) is 5.28. The number of nitrogens with one attached hydrogen (secondary N) is 2. The molecule has 29 heavy (non-hydrogen) atoms. The van der Waals surface area contributed by atoms with E-state index in [0.29, 0.717) is 18.0 Å². The van der Waals surface area contributed by atoms with Gasteiger partial charge in [0.05, 0.1) is 5.92 Å². The topological polar surface area (TPSA) is 47.6 Å². The van der Waals surface area contributed by atoms with Crippen LogP contribution in [0, 0.1) is 5.92 Å². The van der Waals surface area contributed by atoms with E-state index in [4.69, 9.17) is 0 Å². The second-order valence-corrected chi connectivity index (χ2v) is 9.18. The first kappa shape index (κ1) is 20.8. The fraction of sp³-hybridized carbons (Fsp3) is 0.708. The molecule has 3 saturated heterocycles. The Bertz CT molecular complexity index is 623. The highest BCUT2D eigenvalue weighted by atomic mass is 16.2. The molecule has 3 fully saturated rings. The van der Waals surface area contributed by atoms with Gasteiger partial charge in [0.25, 0.3) is 0 Å². The summed E-state index contributed by atoms with van der Waals surface area (Å²) in [5, 5.41) is 6.71. The molecule has 0 saturated carbocycles. The largest absolute Gasteiger partial charge is 0.353 e. The van der Waals surface area contributed by atoms with Gasteiger partial charge in [0.1, 0.15) is 0 Å². The lowest BCUT2D eigenvalue weighted by molar-refractivity contribution is -0.128. The van der Waals surface area contributed by atoms with E-state index < -0.39 is 0 Å². The SMILES string of the molecule is O=C(NC1CCNCC1)[C@H]1CCCN(C2CCN(CCc3ccccc3)CC2)C1. The van der Waals surface area contributed by atoms with Crippen molar-refractivity contribution in [3.05, 3.63) is 35.9 Å². The Kier molecular flexibility index (Phi) is 7.58. The number of hydrogen-bond donors (Lipinski definition) is 2. The van der Waals surface area contributed by atoms with Crippen LogP contribution in [0.3, 0.4) is 0 Å². The summed E-state index contributed by atoms with van der Waals surface area (Å²) in [7, 11) is 0. The van der Waals surface area contributed by atoms with Crippen LogP contribution in [0.2, 0.25) is 0 Å². The molecule has 5 heteroatoms. The third-order valence-corrected chi connectivity index (χ3v) is 7.14. The average Bonchev–Trinajstić information content (AvgIpc) is 2.79. The predicted octanol–water partition coefficient (Wildman–Crippen LogP) is 2.27. The van der Waals surface area contributed by atoms with Crippen molar-refractivity contribution in [3.63, 3.8) is 0 Å². The van der Waals surface area contributed by atoms with Gasteiger partial charge in [-0.15, -0.1) is 0 Å². The van der Waals surface area contributed by atoms with E-state index in [1.54, 1.807) is 0 Å². The van der Waals surface area contributed by atoms with Crippen LogP contribution < -0.4 is 10.6 Å². The normalized spacial score (nSPS) is 25.7. The van der Waals surface area contributed by atoms with Crippen molar-refractivity contribution in [3.8, 4) is 0 Å². The molecule has 4 rings (SSSR count). The minimum atomic E-state index is 0.190. The number of rotatable bonds is 6. The van der Waals surface area contributed by atoms with Crippen molar-refractivity contribution in [2.45, 2.75) is 57.0 Å². The van der Waals surface area contributed by atoms with Gasteiger partial charge >= 0.3 is 0 Å². The van der Waals surface area contributed by atoms with E-state index in [0.717, 1.165) is 51.9 Å². The first-order valence-corrected chi connectivity index (χ1v) is 11.8. The van der Waals surface area contributed by atoms with E-state index in [-0.39, 0.29) is 5.92 Å². The molecule has 1 aromatic carbocycles. The Hall–Kier alpha value is -1.43. The Morgan fingerprint density at radius 1 is 1.00 bits per heavy atom. The van der Waals surface area contributed by atoms with Crippen LogP contribution in [-0.4, -0.2) is 73.6 Å². The van der Waals surface area contributed by atoms with Gasteiger partial charge in [-0.3, -0.25) is 9.69 Å². The fourth-order valence-electron chi connectivity index (χ4n) is 5.28. The number of nitrogens with zero attached hydrogens (tertiary/aromatic N) is 2. The maximum absolute atomic E-state index is 12.8. The zero-order valence-electron chi connectivity index (χ0n) is 17.8. The maximum atomic E-state index is 12.8. The summed E-state index contributed by atoms with van der Waals surface area (Å²) >= 11 is 0. The second-order valence-electron chi connectivity index (χ2n) is 9.18. The van der Waals surface area contributed by atoms with Gasteiger partial charge < -0.3 is 15.5 Å². The summed E-state index contributed by atoms with van der Waals surface area (Å²) in [5.74, 6) is 0.497. The molecule has 5 nitrogen and oxygen atoms in total. The van der Waals surface area contributed by atoms with E-state index in [2.05, 4.69) is 50.8 Å². The number of hydrogen-bond acceptors (Lipinski definition) is 4. The molecule has 1 aromatic rings. The van der Waals surface area contributed by atoms with Crippen LogP contribution >= 0.6 is 0 Å². The minimum Gasteiger partial charge on any atom is -0.353 e. The van der Waals surface area contributed by atoms with Gasteiger partial charge in [-0.2, -0.15) is 0 Å². The Balaban J connectivity index is 1.19. The third kappa shape index (κ3) is 6.03. The molecule has 0 spiro atoms. The van der Waals surface area contributed by atoms with Crippen molar-refractivity contribution in [1.29, 1.82) is 0 Å². The summed E-state index contributed by atoms with van der Waals surface area (Å²) in [6, 6.07) is 11.9. The number of carbonyl (C=O) groups is 1. The van der Waals surface area contributed by atoms with Gasteiger partial charge in [0.15, 0.2) is 0 Å². The Labute approximate surface area is 176 Å². The second kappa shape index (κ2) is 10.6. The molecule has 0 radical (unpaired) electrons. The van der Waals surface area contributed by atoms with E-state index in [9.17, 15) is 4.79 Å². The van der Waals surface area contributed by atoms with E-state index in [1.165, 1.54) is 44.5 Å². The van der Waals surface area contributed by atoms with Gasteiger partial charge in [0, 0.05) is 25.2 Å². The number of benzene rings is 1. The molecule has 0 aromatic heterocycles. The number of likely N-dealkylation sites (tertiary alicyclic amines) is 2. The lowest BCUT2D eigenvalue weighted by atomic mass is 9.92. The lowest BCUT2D eigenvalue weighted by Gasteiger charge is -2.42. The average molecular weight is 399 g/mol. The molecule has 0 unspecified atom stereocenters. The molecular weight excluding hydrogens is 360 g/mol. The monoisotopic (exact) mass is 398 g/mol. The molecule has 3 aliphatic rings. The molecule has 160 valence electrons. The number of carbonyl (C=O) groups excluding carboxylic acids is 1. The predicted molar refractivity (Wildman–Crippen MR) is 118 cm³/mol. The van der Waals surface area contributed by atoms with Gasteiger partial charge in [-0.1, -0.05) is 30.3 Å². The van der Waals surface area contributed by atoms with E-state index in [1.807, 2.05) is 0 Å². The zero-order chi connectivity index (χ0) is 19.9. The first-order valence-electron chi connectivity index (χ1n) is 11.8.